The van der Waals surface area contributed by atoms with Gasteiger partial charge in [-0.05, 0) is 161 Å². The fourth-order valence-electron chi connectivity index (χ4n) is 13.7. The molecule has 0 unspecified atom stereocenters. The van der Waals surface area contributed by atoms with Crippen molar-refractivity contribution in [3.8, 4) is 27.9 Å². The first-order valence-corrected chi connectivity index (χ1v) is 23.3. The lowest BCUT2D eigenvalue weighted by atomic mass is 9.39. The molecule has 2 nitrogen and oxygen atoms in total. The van der Waals surface area contributed by atoms with Crippen molar-refractivity contribution in [2.24, 2.45) is 23.7 Å². The molecule has 63 heavy (non-hydrogen) atoms. The number of benzene rings is 8. The molecular weight excluding hydrogens is 761 g/mol. The zero-order valence-corrected chi connectivity index (χ0v) is 36.2. The van der Waals surface area contributed by atoms with Crippen molar-refractivity contribution in [2.75, 3.05) is 4.90 Å². The summed E-state index contributed by atoms with van der Waals surface area (Å²) in [4.78, 5) is 2.49. The van der Waals surface area contributed by atoms with Gasteiger partial charge in [0, 0.05) is 44.4 Å². The van der Waals surface area contributed by atoms with Crippen molar-refractivity contribution >= 4 is 38.9 Å². The largest absolute Gasteiger partial charge is 0.310 e. The van der Waals surface area contributed by atoms with Crippen LogP contribution in [0.4, 0.5) is 17.1 Å². The summed E-state index contributed by atoms with van der Waals surface area (Å²) in [6, 6.07) is 73.0. The van der Waals surface area contributed by atoms with E-state index < -0.39 is 0 Å². The predicted molar refractivity (Wildman–Crippen MR) is 263 cm³/mol. The summed E-state index contributed by atoms with van der Waals surface area (Å²) in [7, 11) is 0. The number of hydrogen-bond donors (Lipinski definition) is 0. The Labute approximate surface area is 371 Å². The van der Waals surface area contributed by atoms with Crippen LogP contribution < -0.4 is 4.90 Å². The zero-order chi connectivity index (χ0) is 41.9. The number of nitrogens with zero attached hydrogens (tertiary/aromatic N) is 2. The first-order chi connectivity index (χ1) is 30.9. The molecule has 1 aromatic heterocycles. The van der Waals surface area contributed by atoms with Crippen LogP contribution in [0.15, 0.2) is 194 Å². The van der Waals surface area contributed by atoms with E-state index in [2.05, 4.69) is 217 Å². The van der Waals surface area contributed by atoms with Gasteiger partial charge in [-0.1, -0.05) is 147 Å². The van der Waals surface area contributed by atoms with Crippen molar-refractivity contribution in [3.63, 3.8) is 0 Å². The van der Waals surface area contributed by atoms with Gasteiger partial charge in [0.15, 0.2) is 0 Å². The highest BCUT2D eigenvalue weighted by Crippen LogP contribution is 2.69. The minimum absolute atomic E-state index is 0.105. The van der Waals surface area contributed by atoms with Gasteiger partial charge in [-0.15, -0.1) is 0 Å². The standard InChI is InChI=1S/C61H52N2/c1-60(2)54-16-8-9-17-55(54)61(46-35-40-34-41(37-46)38-47(61)36-40)56-33-32-51(39-57(56)60)62(48-26-20-43(21-27-48)42-12-4-3-5-13-42)49-28-22-44(23-29-49)45-24-30-50(31-25-45)63-58-18-10-6-14-52(58)53-15-7-11-19-59(53)63/h3-33,39-41,46-47H,34-38H2,1-2H3. The molecule has 4 fully saturated rings. The Hall–Kier alpha value is -6.64. The van der Waals surface area contributed by atoms with Crippen LogP contribution in [0.2, 0.25) is 0 Å². The maximum atomic E-state index is 2.59. The molecule has 306 valence electrons. The minimum Gasteiger partial charge on any atom is -0.310 e. The molecule has 4 saturated carbocycles. The van der Waals surface area contributed by atoms with Crippen LogP contribution in [0, 0.1) is 23.7 Å². The van der Waals surface area contributed by atoms with E-state index in [1.54, 1.807) is 11.1 Å². The maximum absolute atomic E-state index is 2.59. The Kier molecular flexibility index (Phi) is 8.17. The van der Waals surface area contributed by atoms with Gasteiger partial charge in [-0.25, -0.2) is 0 Å². The normalized spacial score (nSPS) is 22.6. The van der Waals surface area contributed by atoms with E-state index in [0.29, 0.717) is 0 Å². The Balaban J connectivity index is 0.911. The summed E-state index contributed by atoms with van der Waals surface area (Å²) >= 11 is 0. The lowest BCUT2D eigenvalue weighted by molar-refractivity contribution is -0.0443. The van der Waals surface area contributed by atoms with Crippen molar-refractivity contribution in [3.05, 3.63) is 216 Å². The number of aromatic nitrogens is 1. The summed E-state index contributed by atoms with van der Waals surface area (Å²) in [5.74, 6) is 3.28. The summed E-state index contributed by atoms with van der Waals surface area (Å²) < 4.78 is 2.39. The Morgan fingerprint density at radius 1 is 0.397 bits per heavy atom. The van der Waals surface area contributed by atoms with Crippen LogP contribution in [-0.2, 0) is 10.8 Å². The number of anilines is 3. The molecule has 9 aromatic rings. The van der Waals surface area contributed by atoms with E-state index >= 15 is 0 Å². The SMILES string of the molecule is CC1(C)c2ccccc2C2(c3ccc(N(c4ccc(-c5ccccc5)cc4)c4ccc(-c5ccc(-n6c7ccccc7c7ccccc76)cc5)cc4)cc31)C1CC3CC(C1)CC2C3. The summed E-state index contributed by atoms with van der Waals surface area (Å²) in [6.07, 6.45) is 7.01. The van der Waals surface area contributed by atoms with Gasteiger partial charge in [0.1, 0.15) is 0 Å². The molecular formula is C61H52N2. The molecule has 0 amide bonds. The molecule has 2 heteroatoms. The molecule has 0 atom stereocenters. The van der Waals surface area contributed by atoms with Gasteiger partial charge in [0.05, 0.1) is 11.0 Å². The van der Waals surface area contributed by atoms with Crippen LogP contribution in [0.3, 0.4) is 0 Å². The average Bonchev–Trinajstić information content (AvgIpc) is 3.67. The van der Waals surface area contributed by atoms with E-state index in [9.17, 15) is 0 Å². The third kappa shape index (κ3) is 5.50. The van der Waals surface area contributed by atoms with E-state index in [4.69, 9.17) is 0 Å². The van der Waals surface area contributed by atoms with Crippen molar-refractivity contribution < 1.29 is 0 Å². The molecule has 5 aliphatic carbocycles. The van der Waals surface area contributed by atoms with Crippen molar-refractivity contribution in [1.29, 1.82) is 0 Å². The third-order valence-corrected chi connectivity index (χ3v) is 16.2. The molecule has 0 radical (unpaired) electrons. The van der Waals surface area contributed by atoms with Gasteiger partial charge < -0.3 is 9.47 Å². The fraction of sp³-hybridized carbons (Fsp3) is 0.213. The van der Waals surface area contributed by atoms with E-state index in [0.717, 1.165) is 35.0 Å². The van der Waals surface area contributed by atoms with Crippen LogP contribution in [0.25, 0.3) is 49.7 Å². The summed E-state index contributed by atoms with van der Waals surface area (Å²) in [5.41, 5.74) is 18.3. The number of para-hydroxylation sites is 2. The average molecular weight is 813 g/mol. The topological polar surface area (TPSA) is 8.17 Å². The van der Waals surface area contributed by atoms with Crippen LogP contribution in [0.1, 0.15) is 68.2 Å². The highest BCUT2D eigenvalue weighted by atomic mass is 15.1. The molecule has 5 aliphatic rings. The number of hydrogen-bond acceptors (Lipinski definition) is 1. The second-order valence-corrected chi connectivity index (χ2v) is 19.8. The zero-order valence-electron chi connectivity index (χ0n) is 36.2. The second kappa shape index (κ2) is 13.9. The quantitative estimate of drug-likeness (QED) is 0.162. The third-order valence-electron chi connectivity index (χ3n) is 16.2. The van der Waals surface area contributed by atoms with E-state index in [1.165, 1.54) is 98.7 Å². The van der Waals surface area contributed by atoms with E-state index in [-0.39, 0.29) is 10.8 Å². The fourth-order valence-corrected chi connectivity index (χ4v) is 13.7. The Bertz CT molecular complexity index is 3110. The van der Waals surface area contributed by atoms with Crippen LogP contribution >= 0.6 is 0 Å². The lowest BCUT2D eigenvalue weighted by Crippen LogP contribution is -2.58. The summed E-state index contributed by atoms with van der Waals surface area (Å²) in [6.45, 7) is 4.97. The number of fused-ring (bicyclic) bond motifs is 5. The second-order valence-electron chi connectivity index (χ2n) is 19.8. The lowest BCUT2D eigenvalue weighted by Gasteiger charge is -2.64. The Morgan fingerprint density at radius 2 is 0.841 bits per heavy atom. The van der Waals surface area contributed by atoms with Gasteiger partial charge in [0.25, 0.3) is 0 Å². The smallest absolute Gasteiger partial charge is 0.0541 e. The van der Waals surface area contributed by atoms with Crippen LogP contribution in [0.5, 0.6) is 0 Å². The van der Waals surface area contributed by atoms with Gasteiger partial charge in [-0.3, -0.25) is 0 Å². The first-order valence-electron chi connectivity index (χ1n) is 23.3. The van der Waals surface area contributed by atoms with Gasteiger partial charge in [0.2, 0.25) is 0 Å². The molecule has 0 saturated heterocycles. The van der Waals surface area contributed by atoms with Gasteiger partial charge in [-0.2, -0.15) is 0 Å². The molecule has 0 N–H and O–H groups in total. The van der Waals surface area contributed by atoms with Crippen molar-refractivity contribution in [1.82, 2.24) is 4.57 Å². The Morgan fingerprint density at radius 3 is 1.41 bits per heavy atom. The number of rotatable bonds is 6. The molecule has 0 aliphatic heterocycles. The molecule has 8 aromatic carbocycles. The predicted octanol–water partition coefficient (Wildman–Crippen LogP) is 16.0. The van der Waals surface area contributed by atoms with Gasteiger partial charge >= 0.3 is 0 Å². The minimum atomic E-state index is -0.125. The van der Waals surface area contributed by atoms with E-state index in [1.807, 2.05) is 0 Å². The first kappa shape index (κ1) is 37.0. The molecule has 14 rings (SSSR count). The maximum Gasteiger partial charge on any atom is 0.0541 e. The molecule has 1 spiro atoms. The monoisotopic (exact) mass is 812 g/mol. The summed E-state index contributed by atoms with van der Waals surface area (Å²) in [5, 5.41) is 2.57. The highest BCUT2D eigenvalue weighted by Gasteiger charge is 2.62. The van der Waals surface area contributed by atoms with Crippen molar-refractivity contribution in [2.45, 2.75) is 56.8 Å². The molecule has 4 bridgehead atoms. The van der Waals surface area contributed by atoms with Crippen LogP contribution in [-0.4, -0.2) is 4.57 Å². The molecule has 1 heterocycles. The highest BCUT2D eigenvalue weighted by molar-refractivity contribution is 6.09.